The van der Waals surface area contributed by atoms with E-state index in [1.807, 2.05) is 13.8 Å². The average Bonchev–Trinajstić information content (AvgIpc) is 2.10. The smallest absolute Gasteiger partial charge is 0.320 e. The van der Waals surface area contributed by atoms with E-state index in [0.717, 1.165) is 11.1 Å². The number of carboxylic acids is 1. The fraction of sp³-hybridized carbons (Fsp3) is 0.273. The molecule has 0 radical (unpaired) electrons. The van der Waals surface area contributed by atoms with Crippen LogP contribution in [-0.4, -0.2) is 17.0 Å². The fourth-order valence-corrected chi connectivity index (χ4v) is 1.37. The van der Waals surface area contributed by atoms with Crippen molar-refractivity contribution < 1.29 is 14.7 Å². The largest absolute Gasteiger partial charge is 0.480 e. The molecule has 0 heterocycles. The molecule has 1 amide bonds. The summed E-state index contributed by atoms with van der Waals surface area (Å²) in [5.74, 6) is -3.32. The minimum absolute atomic E-state index is 0.429. The van der Waals surface area contributed by atoms with Crippen molar-refractivity contribution in [2.75, 3.05) is 0 Å². The standard InChI is InChI=1S/C11H13NO3/c1-6-3-4-8(5-7(6)2)9(10(12)13)11(14)15/h3-5,9H,1-2H3,(H2,12,13)(H,14,15). The lowest BCUT2D eigenvalue weighted by Gasteiger charge is -2.10. The lowest BCUT2D eigenvalue weighted by Crippen LogP contribution is -2.28. The molecule has 0 aliphatic carbocycles. The van der Waals surface area contributed by atoms with Gasteiger partial charge in [0.05, 0.1) is 0 Å². The van der Waals surface area contributed by atoms with Crippen molar-refractivity contribution in [2.24, 2.45) is 5.73 Å². The van der Waals surface area contributed by atoms with Crippen LogP contribution in [0.5, 0.6) is 0 Å². The third-order valence-corrected chi connectivity index (χ3v) is 2.40. The van der Waals surface area contributed by atoms with Crippen LogP contribution in [0.1, 0.15) is 22.6 Å². The van der Waals surface area contributed by atoms with E-state index in [0.29, 0.717) is 5.56 Å². The van der Waals surface area contributed by atoms with Gasteiger partial charge in [-0.2, -0.15) is 0 Å². The molecule has 15 heavy (non-hydrogen) atoms. The number of aryl methyl sites for hydroxylation is 2. The van der Waals surface area contributed by atoms with Crippen LogP contribution in [0.3, 0.4) is 0 Å². The van der Waals surface area contributed by atoms with Crippen molar-refractivity contribution in [1.29, 1.82) is 0 Å². The van der Waals surface area contributed by atoms with Crippen molar-refractivity contribution >= 4 is 11.9 Å². The van der Waals surface area contributed by atoms with E-state index in [-0.39, 0.29) is 0 Å². The molecule has 1 aromatic rings. The average molecular weight is 207 g/mol. The maximum atomic E-state index is 11.0. The van der Waals surface area contributed by atoms with Crippen LogP contribution < -0.4 is 5.73 Å². The van der Waals surface area contributed by atoms with Gasteiger partial charge in [0, 0.05) is 0 Å². The molecule has 1 aromatic carbocycles. The maximum absolute atomic E-state index is 11.0. The van der Waals surface area contributed by atoms with Gasteiger partial charge in [-0.15, -0.1) is 0 Å². The van der Waals surface area contributed by atoms with Gasteiger partial charge in [0.2, 0.25) is 5.91 Å². The Hall–Kier alpha value is -1.84. The van der Waals surface area contributed by atoms with Crippen molar-refractivity contribution in [3.63, 3.8) is 0 Å². The van der Waals surface area contributed by atoms with Gasteiger partial charge in [0.1, 0.15) is 0 Å². The van der Waals surface area contributed by atoms with Crippen LogP contribution in [-0.2, 0) is 9.59 Å². The molecular formula is C11H13NO3. The van der Waals surface area contributed by atoms with E-state index in [4.69, 9.17) is 10.8 Å². The van der Waals surface area contributed by atoms with Gasteiger partial charge in [-0.25, -0.2) is 0 Å². The van der Waals surface area contributed by atoms with Gasteiger partial charge in [-0.1, -0.05) is 18.2 Å². The summed E-state index contributed by atoms with van der Waals surface area (Å²) in [7, 11) is 0. The second-order valence-electron chi connectivity index (χ2n) is 3.52. The number of primary amides is 1. The topological polar surface area (TPSA) is 80.4 Å². The summed E-state index contributed by atoms with van der Waals surface area (Å²) in [6.07, 6.45) is 0. The van der Waals surface area contributed by atoms with Gasteiger partial charge >= 0.3 is 5.97 Å². The summed E-state index contributed by atoms with van der Waals surface area (Å²) in [5, 5.41) is 8.86. The molecule has 0 bridgehead atoms. The summed E-state index contributed by atoms with van der Waals surface area (Å²) < 4.78 is 0. The highest BCUT2D eigenvalue weighted by Crippen LogP contribution is 2.19. The molecule has 3 N–H and O–H groups in total. The summed E-state index contributed by atoms with van der Waals surface area (Å²) in [4.78, 5) is 21.8. The molecule has 0 aliphatic heterocycles. The molecule has 0 saturated carbocycles. The van der Waals surface area contributed by atoms with Crippen molar-refractivity contribution in [3.05, 3.63) is 34.9 Å². The first kappa shape index (κ1) is 11.2. The Morgan fingerprint density at radius 1 is 1.27 bits per heavy atom. The first-order valence-electron chi connectivity index (χ1n) is 4.52. The molecule has 0 saturated heterocycles. The quantitative estimate of drug-likeness (QED) is 0.724. The lowest BCUT2D eigenvalue weighted by molar-refractivity contribution is -0.142. The second-order valence-corrected chi connectivity index (χ2v) is 3.52. The van der Waals surface area contributed by atoms with Crippen molar-refractivity contribution in [3.8, 4) is 0 Å². The molecule has 0 fully saturated rings. The number of hydrogen-bond acceptors (Lipinski definition) is 2. The molecule has 0 spiro atoms. The fourth-order valence-electron chi connectivity index (χ4n) is 1.37. The number of carbonyl (C=O) groups excluding carboxylic acids is 1. The summed E-state index contributed by atoms with van der Waals surface area (Å²) in [6, 6.07) is 5.08. The predicted molar refractivity (Wildman–Crippen MR) is 55.5 cm³/mol. The molecule has 4 heteroatoms. The number of carbonyl (C=O) groups is 2. The van der Waals surface area contributed by atoms with Crippen molar-refractivity contribution in [1.82, 2.24) is 0 Å². The highest BCUT2D eigenvalue weighted by atomic mass is 16.4. The highest BCUT2D eigenvalue weighted by molar-refractivity contribution is 6.01. The Labute approximate surface area is 87.7 Å². The molecular weight excluding hydrogens is 194 g/mol. The minimum atomic E-state index is -1.26. The number of nitrogens with two attached hydrogens (primary N) is 1. The van der Waals surface area contributed by atoms with Gasteiger partial charge in [0.25, 0.3) is 0 Å². The van der Waals surface area contributed by atoms with Crippen LogP contribution in [0, 0.1) is 13.8 Å². The number of hydrogen-bond donors (Lipinski definition) is 2. The molecule has 0 aromatic heterocycles. The zero-order valence-corrected chi connectivity index (χ0v) is 8.65. The Bertz CT molecular complexity index is 398. The Kier molecular flexibility index (Phi) is 3.09. The Balaban J connectivity index is 3.18. The molecule has 0 aliphatic rings. The van der Waals surface area contributed by atoms with E-state index < -0.39 is 17.8 Å². The van der Waals surface area contributed by atoms with E-state index in [2.05, 4.69) is 0 Å². The van der Waals surface area contributed by atoms with Gasteiger partial charge < -0.3 is 10.8 Å². The third kappa shape index (κ3) is 2.34. The Morgan fingerprint density at radius 3 is 2.27 bits per heavy atom. The highest BCUT2D eigenvalue weighted by Gasteiger charge is 2.25. The van der Waals surface area contributed by atoms with Crippen LogP contribution in [0.25, 0.3) is 0 Å². The van der Waals surface area contributed by atoms with E-state index in [1.54, 1.807) is 18.2 Å². The zero-order valence-electron chi connectivity index (χ0n) is 8.65. The second kappa shape index (κ2) is 4.13. The van der Waals surface area contributed by atoms with Crippen molar-refractivity contribution in [2.45, 2.75) is 19.8 Å². The predicted octanol–water partition coefficient (Wildman–Crippen LogP) is 0.957. The molecule has 1 unspecified atom stereocenters. The maximum Gasteiger partial charge on any atom is 0.320 e. The van der Waals surface area contributed by atoms with Crippen LogP contribution >= 0.6 is 0 Å². The normalized spacial score (nSPS) is 12.1. The number of carboxylic acid groups (broad SMARTS) is 1. The van der Waals surface area contributed by atoms with Crippen LogP contribution in [0.4, 0.5) is 0 Å². The van der Waals surface area contributed by atoms with Crippen LogP contribution in [0.15, 0.2) is 18.2 Å². The van der Waals surface area contributed by atoms with Gasteiger partial charge in [-0.05, 0) is 30.5 Å². The van der Waals surface area contributed by atoms with Gasteiger partial charge in [-0.3, -0.25) is 9.59 Å². The third-order valence-electron chi connectivity index (χ3n) is 2.40. The first-order chi connectivity index (χ1) is 6.93. The van der Waals surface area contributed by atoms with Gasteiger partial charge in [0.15, 0.2) is 5.92 Å². The lowest BCUT2D eigenvalue weighted by atomic mass is 9.95. The number of amides is 1. The summed E-state index contributed by atoms with van der Waals surface area (Å²) in [6.45, 7) is 3.78. The van der Waals surface area contributed by atoms with E-state index >= 15 is 0 Å². The Morgan fingerprint density at radius 2 is 1.87 bits per heavy atom. The molecule has 1 atom stereocenters. The molecule has 80 valence electrons. The van der Waals surface area contributed by atoms with E-state index in [1.165, 1.54) is 0 Å². The zero-order chi connectivity index (χ0) is 11.6. The number of aliphatic carboxylic acids is 1. The molecule has 4 nitrogen and oxygen atoms in total. The molecule has 1 rings (SSSR count). The summed E-state index contributed by atoms with van der Waals surface area (Å²) >= 11 is 0. The monoisotopic (exact) mass is 207 g/mol. The SMILES string of the molecule is Cc1ccc(C(C(N)=O)C(=O)O)cc1C. The van der Waals surface area contributed by atoms with Crippen LogP contribution in [0.2, 0.25) is 0 Å². The number of benzene rings is 1. The minimum Gasteiger partial charge on any atom is -0.480 e. The van der Waals surface area contributed by atoms with E-state index in [9.17, 15) is 9.59 Å². The first-order valence-corrected chi connectivity index (χ1v) is 4.52. The summed E-state index contributed by atoms with van der Waals surface area (Å²) in [5.41, 5.74) is 7.46. The number of rotatable bonds is 3.